The van der Waals surface area contributed by atoms with Crippen molar-refractivity contribution in [3.05, 3.63) is 48.0 Å². The molecule has 12 heteroatoms. The van der Waals surface area contributed by atoms with Crippen LogP contribution in [-0.2, 0) is 11.8 Å². The van der Waals surface area contributed by atoms with E-state index in [1.54, 1.807) is 30.1 Å². The molecule has 1 saturated heterocycles. The Hall–Kier alpha value is -4.32. The molecular formula is C27H33N9O3. The van der Waals surface area contributed by atoms with Crippen LogP contribution in [0.1, 0.15) is 42.2 Å². The number of esters is 1. The SMILES string of the molecule is CCOC(=O)c1cnc(C)c(Nc2nn(C)c3nc(Nc4ccnc(N5CCC(CCO)CC5)c4)ncc23)c1. The van der Waals surface area contributed by atoms with Gasteiger partial charge in [0.2, 0.25) is 5.95 Å². The number of aromatic nitrogens is 6. The number of carbonyl (C=O) groups excluding carboxylic acids is 1. The number of rotatable bonds is 9. The van der Waals surface area contributed by atoms with Crippen molar-refractivity contribution < 1.29 is 14.6 Å². The number of aliphatic hydroxyl groups excluding tert-OH is 1. The van der Waals surface area contributed by atoms with Crippen LogP contribution in [0.15, 0.2) is 36.8 Å². The molecule has 5 rings (SSSR count). The third-order valence-electron chi connectivity index (χ3n) is 6.91. The van der Waals surface area contributed by atoms with E-state index < -0.39 is 5.97 Å². The van der Waals surface area contributed by atoms with Crippen LogP contribution in [0.2, 0.25) is 0 Å². The van der Waals surface area contributed by atoms with Crippen molar-refractivity contribution >= 4 is 46.0 Å². The van der Waals surface area contributed by atoms with E-state index in [0.717, 1.165) is 49.2 Å². The fourth-order valence-corrected chi connectivity index (χ4v) is 4.74. The average Bonchev–Trinajstić information content (AvgIpc) is 3.25. The topological polar surface area (TPSA) is 143 Å². The summed E-state index contributed by atoms with van der Waals surface area (Å²) in [7, 11) is 1.81. The molecule has 204 valence electrons. The van der Waals surface area contributed by atoms with E-state index in [4.69, 9.17) is 4.74 Å². The number of nitrogens with one attached hydrogen (secondary N) is 2. The first kappa shape index (κ1) is 26.3. The summed E-state index contributed by atoms with van der Waals surface area (Å²) in [4.78, 5) is 32.5. The molecule has 1 aliphatic heterocycles. The van der Waals surface area contributed by atoms with Gasteiger partial charge in [-0.3, -0.25) is 4.98 Å². The number of hydrogen-bond donors (Lipinski definition) is 3. The summed E-state index contributed by atoms with van der Waals surface area (Å²) in [6.45, 7) is 6.00. The maximum atomic E-state index is 12.2. The predicted molar refractivity (Wildman–Crippen MR) is 149 cm³/mol. The molecule has 0 bridgehead atoms. The first-order chi connectivity index (χ1) is 18.9. The van der Waals surface area contributed by atoms with E-state index >= 15 is 0 Å². The minimum atomic E-state index is -0.427. The molecule has 0 amide bonds. The van der Waals surface area contributed by atoms with Crippen LogP contribution >= 0.6 is 0 Å². The number of aryl methyl sites for hydroxylation is 2. The zero-order valence-corrected chi connectivity index (χ0v) is 22.4. The number of nitrogens with zero attached hydrogens (tertiary/aromatic N) is 7. The van der Waals surface area contributed by atoms with E-state index in [0.29, 0.717) is 46.9 Å². The highest BCUT2D eigenvalue weighted by Crippen LogP contribution is 2.28. The van der Waals surface area contributed by atoms with Crippen LogP contribution < -0.4 is 15.5 Å². The molecule has 0 saturated carbocycles. The fraction of sp³-hybridized carbons (Fsp3) is 0.407. The standard InChI is InChI=1S/C27H33N9O3/c1-4-39-26(38)19-13-22(17(2)29-15-19)32-24-21-16-30-27(33-25(21)35(3)34-24)31-20-5-9-28-23(14-20)36-10-6-18(7-11-36)8-12-37/h5,9,13-16,18,37H,4,6-8,10-12H2,1-3H3,(H,32,34)(H,28,30,31,33). The van der Waals surface area contributed by atoms with E-state index in [9.17, 15) is 9.90 Å². The van der Waals surface area contributed by atoms with Crippen LogP contribution in [0.4, 0.5) is 29.0 Å². The summed E-state index contributed by atoms with van der Waals surface area (Å²) >= 11 is 0. The van der Waals surface area contributed by atoms with E-state index in [2.05, 4.69) is 40.6 Å². The van der Waals surface area contributed by atoms with Crippen molar-refractivity contribution in [3.8, 4) is 0 Å². The normalized spacial score (nSPS) is 14.0. The summed E-state index contributed by atoms with van der Waals surface area (Å²) in [5.74, 6) is 2.06. The second-order valence-electron chi connectivity index (χ2n) is 9.58. The van der Waals surface area contributed by atoms with Gasteiger partial charge in [0.1, 0.15) is 5.82 Å². The zero-order valence-electron chi connectivity index (χ0n) is 22.4. The van der Waals surface area contributed by atoms with Crippen LogP contribution in [0, 0.1) is 12.8 Å². The molecule has 0 aliphatic carbocycles. The lowest BCUT2D eigenvalue weighted by atomic mass is 9.94. The molecule has 12 nitrogen and oxygen atoms in total. The molecule has 4 aromatic heterocycles. The number of pyridine rings is 2. The van der Waals surface area contributed by atoms with Gasteiger partial charge in [-0.2, -0.15) is 10.1 Å². The Balaban J connectivity index is 1.32. The van der Waals surface area contributed by atoms with Crippen molar-refractivity contribution in [2.45, 2.75) is 33.1 Å². The first-order valence-corrected chi connectivity index (χ1v) is 13.1. The summed E-state index contributed by atoms with van der Waals surface area (Å²) in [6.07, 6.45) is 7.97. The third-order valence-corrected chi connectivity index (χ3v) is 6.91. The van der Waals surface area contributed by atoms with Crippen LogP contribution in [0.5, 0.6) is 0 Å². The lowest BCUT2D eigenvalue weighted by Gasteiger charge is -2.32. The Labute approximate surface area is 226 Å². The number of carbonyl (C=O) groups is 1. The first-order valence-electron chi connectivity index (χ1n) is 13.1. The second-order valence-corrected chi connectivity index (χ2v) is 9.58. The van der Waals surface area contributed by atoms with Crippen LogP contribution in [0.3, 0.4) is 0 Å². The van der Waals surface area contributed by atoms with Gasteiger partial charge in [-0.15, -0.1) is 0 Å². The van der Waals surface area contributed by atoms with Crippen LogP contribution in [0.25, 0.3) is 11.0 Å². The van der Waals surface area contributed by atoms with Gasteiger partial charge < -0.3 is 25.4 Å². The average molecular weight is 532 g/mol. The molecule has 39 heavy (non-hydrogen) atoms. The summed E-state index contributed by atoms with van der Waals surface area (Å²) in [5, 5.41) is 21.1. The molecule has 5 heterocycles. The highest BCUT2D eigenvalue weighted by Gasteiger charge is 2.20. The molecule has 0 atom stereocenters. The van der Waals surface area contributed by atoms with Crippen LogP contribution in [-0.4, -0.2) is 67.1 Å². The van der Waals surface area contributed by atoms with Crippen molar-refractivity contribution in [1.82, 2.24) is 29.7 Å². The minimum Gasteiger partial charge on any atom is -0.462 e. The van der Waals surface area contributed by atoms with Crippen molar-refractivity contribution in [3.63, 3.8) is 0 Å². The maximum Gasteiger partial charge on any atom is 0.339 e. The Morgan fingerprint density at radius 3 is 2.74 bits per heavy atom. The van der Waals surface area contributed by atoms with Crippen molar-refractivity contribution in [2.24, 2.45) is 13.0 Å². The number of fused-ring (bicyclic) bond motifs is 1. The molecule has 0 unspecified atom stereocenters. The highest BCUT2D eigenvalue weighted by molar-refractivity contribution is 5.92. The summed E-state index contributed by atoms with van der Waals surface area (Å²) in [5.41, 5.74) is 3.20. The van der Waals surface area contributed by atoms with Gasteiger partial charge in [-0.05, 0) is 51.2 Å². The number of ether oxygens (including phenoxy) is 1. The molecule has 1 fully saturated rings. The molecule has 0 radical (unpaired) electrons. The minimum absolute atomic E-state index is 0.250. The van der Waals surface area contributed by atoms with Gasteiger partial charge in [0.25, 0.3) is 0 Å². The predicted octanol–water partition coefficient (Wildman–Crippen LogP) is 3.72. The molecule has 0 spiro atoms. The highest BCUT2D eigenvalue weighted by atomic mass is 16.5. The van der Waals surface area contributed by atoms with Gasteiger partial charge in [0.15, 0.2) is 11.5 Å². The molecule has 0 aromatic carbocycles. The lowest BCUT2D eigenvalue weighted by molar-refractivity contribution is 0.0526. The van der Waals surface area contributed by atoms with Crippen molar-refractivity contribution in [2.75, 3.05) is 41.8 Å². The van der Waals surface area contributed by atoms with Crippen molar-refractivity contribution in [1.29, 1.82) is 0 Å². The zero-order chi connectivity index (χ0) is 27.4. The number of hydrogen-bond acceptors (Lipinski definition) is 11. The van der Waals surface area contributed by atoms with E-state index in [1.165, 1.54) is 6.20 Å². The summed E-state index contributed by atoms with van der Waals surface area (Å²) in [6, 6.07) is 5.59. The smallest absolute Gasteiger partial charge is 0.339 e. The molecule has 3 N–H and O–H groups in total. The molecular weight excluding hydrogens is 498 g/mol. The quantitative estimate of drug-likeness (QED) is 0.272. The van der Waals surface area contributed by atoms with Gasteiger partial charge in [0.05, 0.1) is 28.9 Å². The largest absolute Gasteiger partial charge is 0.462 e. The van der Waals surface area contributed by atoms with Gasteiger partial charge in [0, 0.05) is 57.1 Å². The Bertz CT molecular complexity index is 1460. The Morgan fingerprint density at radius 1 is 1.15 bits per heavy atom. The third kappa shape index (κ3) is 5.90. The van der Waals surface area contributed by atoms with E-state index in [1.807, 2.05) is 26.1 Å². The second kappa shape index (κ2) is 11.6. The maximum absolute atomic E-state index is 12.2. The Kier molecular flexibility index (Phi) is 7.82. The lowest BCUT2D eigenvalue weighted by Crippen LogP contribution is -2.34. The van der Waals surface area contributed by atoms with Gasteiger partial charge in [-0.1, -0.05) is 0 Å². The number of anilines is 5. The monoisotopic (exact) mass is 531 g/mol. The molecule has 4 aromatic rings. The van der Waals surface area contributed by atoms with Gasteiger partial charge in [-0.25, -0.2) is 19.4 Å². The number of aliphatic hydroxyl groups is 1. The fourth-order valence-electron chi connectivity index (χ4n) is 4.74. The summed E-state index contributed by atoms with van der Waals surface area (Å²) < 4.78 is 6.77. The number of piperidine rings is 1. The Morgan fingerprint density at radius 2 is 1.97 bits per heavy atom. The van der Waals surface area contributed by atoms with Gasteiger partial charge >= 0.3 is 5.97 Å². The molecule has 1 aliphatic rings. The van der Waals surface area contributed by atoms with E-state index in [-0.39, 0.29) is 6.61 Å².